The highest BCUT2D eigenvalue weighted by atomic mass is 31.2. The van der Waals surface area contributed by atoms with Gasteiger partial charge in [-0.25, -0.2) is 0 Å². The number of hydrogen-bond donors (Lipinski definition) is 0. The Balaban J connectivity index is 4.88. The van der Waals surface area contributed by atoms with Gasteiger partial charge in [0.05, 0.1) is 18.9 Å². The highest BCUT2D eigenvalue weighted by molar-refractivity contribution is 7.54. The molecule has 0 radical (unpaired) electrons. The molecular weight excluding hydrogens is 367 g/mol. The van der Waals surface area contributed by atoms with Crippen molar-refractivity contribution in [2.75, 3.05) is 13.2 Å². The lowest BCUT2D eigenvalue weighted by molar-refractivity contribution is 0.145. The fourth-order valence-electron chi connectivity index (χ4n) is 3.53. The number of unbranched alkanes of at least 4 members (excludes halogenated alkanes) is 5. The van der Waals surface area contributed by atoms with Crippen molar-refractivity contribution in [2.45, 2.75) is 131 Å². The average molecular weight is 419 g/mol. The van der Waals surface area contributed by atoms with Crippen molar-refractivity contribution in [3.8, 4) is 0 Å². The van der Waals surface area contributed by atoms with E-state index in [0.717, 1.165) is 38.5 Å². The molecule has 0 bridgehead atoms. The molecule has 170 valence electrons. The van der Waals surface area contributed by atoms with Gasteiger partial charge in [-0.3, -0.25) is 4.57 Å². The Bertz CT molecular complexity index is 362. The summed E-state index contributed by atoms with van der Waals surface area (Å²) < 4.78 is 26.0. The van der Waals surface area contributed by atoms with E-state index in [4.69, 9.17) is 9.05 Å². The maximum Gasteiger partial charge on any atom is 0.333 e. The van der Waals surface area contributed by atoms with Crippen LogP contribution in [0.3, 0.4) is 0 Å². The van der Waals surface area contributed by atoms with Crippen molar-refractivity contribution in [3.05, 3.63) is 0 Å². The van der Waals surface area contributed by atoms with Crippen LogP contribution in [-0.4, -0.2) is 18.9 Å². The second kappa shape index (κ2) is 18.0. The van der Waals surface area contributed by atoms with Crippen LogP contribution in [0.2, 0.25) is 0 Å². The first-order valence-corrected chi connectivity index (χ1v) is 14.0. The van der Waals surface area contributed by atoms with Gasteiger partial charge in [-0.05, 0) is 31.1 Å². The van der Waals surface area contributed by atoms with Crippen LogP contribution in [0, 0.1) is 11.8 Å². The third kappa shape index (κ3) is 12.7. The van der Waals surface area contributed by atoms with Gasteiger partial charge in [0.15, 0.2) is 0 Å². The first kappa shape index (κ1) is 28.1. The molecule has 28 heavy (non-hydrogen) atoms. The summed E-state index contributed by atoms with van der Waals surface area (Å²) in [5, 5.41) is 0. The van der Waals surface area contributed by atoms with Crippen molar-refractivity contribution in [3.63, 3.8) is 0 Å². The van der Waals surface area contributed by atoms with Crippen molar-refractivity contribution >= 4 is 7.60 Å². The second-order valence-corrected chi connectivity index (χ2v) is 11.1. The molecule has 3 unspecified atom stereocenters. The summed E-state index contributed by atoms with van der Waals surface area (Å²) in [4.78, 5) is 0. The molecule has 0 aliphatic carbocycles. The lowest BCUT2D eigenvalue weighted by atomic mass is 10.0. The van der Waals surface area contributed by atoms with E-state index in [9.17, 15) is 4.57 Å². The van der Waals surface area contributed by atoms with Gasteiger partial charge in [-0.15, -0.1) is 0 Å². The van der Waals surface area contributed by atoms with Crippen LogP contribution < -0.4 is 0 Å². The van der Waals surface area contributed by atoms with Crippen molar-refractivity contribution in [2.24, 2.45) is 11.8 Å². The molecule has 0 aliphatic heterocycles. The van der Waals surface area contributed by atoms with E-state index in [1.807, 2.05) is 0 Å². The molecule has 0 spiro atoms. The lowest BCUT2D eigenvalue weighted by Gasteiger charge is -2.28. The fourth-order valence-corrected chi connectivity index (χ4v) is 5.45. The first-order chi connectivity index (χ1) is 13.5. The molecule has 0 saturated heterocycles. The fraction of sp³-hybridized carbons (Fsp3) is 1.00. The molecule has 0 rings (SSSR count). The Hall–Kier alpha value is 0.150. The van der Waals surface area contributed by atoms with Crippen molar-refractivity contribution in [1.29, 1.82) is 0 Å². The predicted molar refractivity (Wildman–Crippen MR) is 124 cm³/mol. The molecule has 0 amide bonds. The van der Waals surface area contributed by atoms with E-state index in [-0.39, 0.29) is 5.66 Å². The summed E-state index contributed by atoms with van der Waals surface area (Å²) >= 11 is 0. The Labute approximate surface area is 177 Å². The summed E-state index contributed by atoms with van der Waals surface area (Å²) in [5.74, 6) is 0.984. The second-order valence-electron chi connectivity index (χ2n) is 8.66. The van der Waals surface area contributed by atoms with Gasteiger partial charge in [0.2, 0.25) is 0 Å². The number of hydrogen-bond acceptors (Lipinski definition) is 3. The third-order valence-electron chi connectivity index (χ3n) is 6.08. The van der Waals surface area contributed by atoms with Crippen LogP contribution in [-0.2, 0) is 13.6 Å². The monoisotopic (exact) mass is 418 g/mol. The predicted octanol–water partition coefficient (Wildman–Crippen LogP) is 9.00. The minimum atomic E-state index is -3.06. The van der Waals surface area contributed by atoms with Gasteiger partial charge < -0.3 is 9.05 Å². The molecule has 0 aromatic carbocycles. The molecular formula is C24H51O3P. The quantitative estimate of drug-likeness (QED) is 0.146. The maximum atomic E-state index is 13.7. The zero-order valence-electron chi connectivity index (χ0n) is 20.0. The average Bonchev–Trinajstić information content (AvgIpc) is 2.71. The largest absolute Gasteiger partial charge is 0.333 e. The van der Waals surface area contributed by atoms with Crippen LogP contribution in [0.1, 0.15) is 125 Å². The minimum absolute atomic E-state index is 0.00304. The summed E-state index contributed by atoms with van der Waals surface area (Å²) in [6, 6.07) is 0. The summed E-state index contributed by atoms with van der Waals surface area (Å²) in [6.45, 7) is 14.3. The molecule has 3 atom stereocenters. The van der Waals surface area contributed by atoms with Crippen LogP contribution >= 0.6 is 7.60 Å². The summed E-state index contributed by atoms with van der Waals surface area (Å²) in [7, 11) is -3.06. The summed E-state index contributed by atoms with van der Waals surface area (Å²) in [6.07, 6.45) is 15.1. The van der Waals surface area contributed by atoms with Crippen LogP contribution in [0.4, 0.5) is 0 Å². The lowest BCUT2D eigenvalue weighted by Crippen LogP contribution is -2.17. The van der Waals surface area contributed by atoms with Crippen LogP contribution in [0.15, 0.2) is 0 Å². The zero-order valence-corrected chi connectivity index (χ0v) is 20.9. The smallest absolute Gasteiger partial charge is 0.308 e. The molecule has 0 aromatic rings. The van der Waals surface area contributed by atoms with Gasteiger partial charge in [0.25, 0.3) is 0 Å². The van der Waals surface area contributed by atoms with E-state index < -0.39 is 7.60 Å². The molecule has 0 fully saturated rings. The molecule has 0 aliphatic rings. The topological polar surface area (TPSA) is 35.5 Å². The Morgan fingerprint density at radius 3 is 1.50 bits per heavy atom. The molecule has 0 aromatic heterocycles. The van der Waals surface area contributed by atoms with E-state index in [1.54, 1.807) is 0 Å². The van der Waals surface area contributed by atoms with Gasteiger partial charge in [0.1, 0.15) is 0 Å². The Morgan fingerprint density at radius 2 is 1.11 bits per heavy atom. The highest BCUT2D eigenvalue weighted by Crippen LogP contribution is 2.55. The standard InChI is InChI=1S/C24H51O3P/c1-7-12-15-16-17-22(6)28(25,26-20-23(10-4)18-13-8-2)27-21-24(11-5)19-14-9-3/h22-24H,7-21H2,1-6H3. The van der Waals surface area contributed by atoms with E-state index >= 15 is 0 Å². The molecule has 3 nitrogen and oxygen atoms in total. The maximum absolute atomic E-state index is 13.7. The van der Waals surface area contributed by atoms with Gasteiger partial charge >= 0.3 is 7.60 Å². The van der Waals surface area contributed by atoms with E-state index in [1.165, 1.54) is 44.9 Å². The van der Waals surface area contributed by atoms with Gasteiger partial charge in [-0.1, -0.05) is 106 Å². The van der Waals surface area contributed by atoms with E-state index in [0.29, 0.717) is 25.0 Å². The van der Waals surface area contributed by atoms with Crippen LogP contribution in [0.5, 0.6) is 0 Å². The van der Waals surface area contributed by atoms with Crippen LogP contribution in [0.25, 0.3) is 0 Å². The minimum Gasteiger partial charge on any atom is -0.308 e. The highest BCUT2D eigenvalue weighted by Gasteiger charge is 2.33. The molecule has 4 heteroatoms. The number of rotatable bonds is 20. The molecule has 0 N–H and O–H groups in total. The van der Waals surface area contributed by atoms with Crippen molar-refractivity contribution in [1.82, 2.24) is 0 Å². The third-order valence-corrected chi connectivity index (χ3v) is 8.44. The van der Waals surface area contributed by atoms with Gasteiger partial charge in [0, 0.05) is 0 Å². The molecule has 0 saturated carbocycles. The normalized spacial score (nSPS) is 17.2. The van der Waals surface area contributed by atoms with Crippen molar-refractivity contribution < 1.29 is 13.6 Å². The Kier molecular flexibility index (Phi) is 18.1. The Morgan fingerprint density at radius 1 is 0.643 bits per heavy atom. The van der Waals surface area contributed by atoms with E-state index in [2.05, 4.69) is 41.5 Å². The zero-order chi connectivity index (χ0) is 21.3. The van der Waals surface area contributed by atoms with Gasteiger partial charge in [-0.2, -0.15) is 0 Å². The molecule has 0 heterocycles. The SMILES string of the molecule is CCCCCCC(C)P(=O)(OCC(CC)CCCC)OCC(CC)CCCC. The first-order valence-electron chi connectivity index (χ1n) is 12.4. The summed E-state index contributed by atoms with van der Waals surface area (Å²) in [5.41, 5.74) is -0.00304.